The molecule has 6 heteroatoms. The largest absolute Gasteiger partial charge is 0.355 e. The van der Waals surface area contributed by atoms with E-state index < -0.39 is 0 Å². The maximum atomic E-state index is 12.0. The Kier molecular flexibility index (Phi) is 26.2. The molecule has 0 fully saturated rings. The molecule has 0 saturated heterocycles. The number of anilines is 3. The van der Waals surface area contributed by atoms with E-state index in [9.17, 15) is 4.79 Å². The fraction of sp³-hybridized carbons (Fsp3) is 0.429. The number of benzene rings is 1. The van der Waals surface area contributed by atoms with Crippen molar-refractivity contribution >= 4 is 34.7 Å². The summed E-state index contributed by atoms with van der Waals surface area (Å²) in [5.74, 6) is 0.460. The minimum absolute atomic E-state index is 0.175. The molecule has 0 unspecified atom stereocenters. The molecule has 0 aliphatic rings. The highest BCUT2D eigenvalue weighted by molar-refractivity contribution is 6.33. The van der Waals surface area contributed by atoms with Crippen LogP contribution in [0.3, 0.4) is 0 Å². The summed E-state index contributed by atoms with van der Waals surface area (Å²) >= 11 is 6.23. The summed E-state index contributed by atoms with van der Waals surface area (Å²) in [5, 5.41) is 9.41. The highest BCUT2D eigenvalue weighted by Gasteiger charge is 2.11. The van der Waals surface area contributed by atoms with Gasteiger partial charge in [0.2, 0.25) is 0 Å². The number of aromatic nitrogens is 1. The smallest absolute Gasteiger partial charge is 0.253 e. The van der Waals surface area contributed by atoms with Crippen LogP contribution in [-0.4, -0.2) is 17.9 Å². The van der Waals surface area contributed by atoms with Gasteiger partial charge in [-0.15, -0.1) is 0 Å². The van der Waals surface area contributed by atoms with Gasteiger partial charge in [0, 0.05) is 18.8 Å². The average molecular weight is 491 g/mol. The Morgan fingerprint density at radius 3 is 2.09 bits per heavy atom. The summed E-state index contributed by atoms with van der Waals surface area (Å²) < 4.78 is 0. The first-order chi connectivity index (χ1) is 16.5. The van der Waals surface area contributed by atoms with Crippen LogP contribution in [0.15, 0.2) is 61.0 Å². The maximum absolute atomic E-state index is 12.0. The lowest BCUT2D eigenvalue weighted by Crippen LogP contribution is -2.19. The molecule has 2 rings (SSSR count). The Morgan fingerprint density at radius 2 is 1.59 bits per heavy atom. The van der Waals surface area contributed by atoms with Crippen molar-refractivity contribution in [3.05, 3.63) is 71.5 Å². The van der Waals surface area contributed by atoms with Crippen molar-refractivity contribution in [2.75, 3.05) is 17.7 Å². The van der Waals surface area contributed by atoms with Crippen LogP contribution in [0.2, 0.25) is 5.02 Å². The van der Waals surface area contributed by atoms with E-state index in [4.69, 9.17) is 11.6 Å². The molecule has 1 aromatic heterocycles. The van der Waals surface area contributed by atoms with E-state index in [2.05, 4.69) is 41.4 Å². The standard InChI is InChI=1S/C18H19ClN4O.C4H10.3C2H6/c1-4-7-12(2)22-17-10-16(14(19)11-21-17)23-15-9-6-5-8-13(15)18(24)20-3;1-3-4-2;3*1-2/h4-11H,1H2,2-3H3,(H,20,24)(H2,21,22,23);3-4H2,1-2H3;3*1-2H3/b12-7+;;;;. The third-order valence-electron chi connectivity index (χ3n) is 3.72. The molecule has 0 saturated carbocycles. The van der Waals surface area contributed by atoms with Crippen LogP contribution >= 0.6 is 11.6 Å². The number of pyridine rings is 1. The lowest BCUT2D eigenvalue weighted by Gasteiger charge is -2.14. The Morgan fingerprint density at radius 1 is 1.03 bits per heavy atom. The zero-order valence-electron chi connectivity index (χ0n) is 23.0. The second-order valence-electron chi connectivity index (χ2n) is 6.01. The van der Waals surface area contributed by atoms with Gasteiger partial charge in [0.05, 0.1) is 28.2 Å². The van der Waals surface area contributed by atoms with Gasteiger partial charge < -0.3 is 16.0 Å². The molecule has 1 heterocycles. The Bertz CT molecular complexity index is 818. The number of hydrogen-bond acceptors (Lipinski definition) is 4. The maximum Gasteiger partial charge on any atom is 0.253 e. The normalized spacial score (nSPS) is 9.09. The third-order valence-corrected chi connectivity index (χ3v) is 4.02. The number of allylic oxidation sites excluding steroid dienone is 3. The van der Waals surface area contributed by atoms with E-state index in [1.54, 1.807) is 37.5 Å². The summed E-state index contributed by atoms with van der Waals surface area (Å²) in [4.78, 5) is 16.2. The molecule has 0 spiro atoms. The van der Waals surface area contributed by atoms with Gasteiger partial charge in [0.15, 0.2) is 0 Å². The van der Waals surface area contributed by atoms with Crippen LogP contribution in [0.5, 0.6) is 0 Å². The van der Waals surface area contributed by atoms with E-state index in [-0.39, 0.29) is 5.91 Å². The monoisotopic (exact) mass is 490 g/mol. The fourth-order valence-electron chi connectivity index (χ4n) is 2.09. The number of carbonyl (C=O) groups is 1. The van der Waals surface area contributed by atoms with E-state index in [1.807, 2.05) is 66.7 Å². The molecule has 192 valence electrons. The van der Waals surface area contributed by atoms with Crippen molar-refractivity contribution in [2.24, 2.45) is 0 Å². The van der Waals surface area contributed by atoms with Crippen LogP contribution in [-0.2, 0) is 0 Å². The van der Waals surface area contributed by atoms with Gasteiger partial charge >= 0.3 is 0 Å². The first-order valence-corrected chi connectivity index (χ1v) is 12.6. The van der Waals surface area contributed by atoms with Gasteiger partial charge in [0.25, 0.3) is 5.91 Å². The predicted molar refractivity (Wildman–Crippen MR) is 155 cm³/mol. The molecular formula is C28H47ClN4O. The number of para-hydroxylation sites is 1. The number of carbonyl (C=O) groups excluding carboxylic acids is 1. The van der Waals surface area contributed by atoms with Crippen LogP contribution < -0.4 is 16.0 Å². The molecule has 1 aromatic carbocycles. The van der Waals surface area contributed by atoms with Gasteiger partial charge in [-0.2, -0.15) is 0 Å². The summed E-state index contributed by atoms with van der Waals surface area (Å²) in [6, 6.07) is 8.99. The van der Waals surface area contributed by atoms with Gasteiger partial charge in [-0.1, -0.05) is 105 Å². The SMILES string of the molecule is C=C/C=C(\C)Nc1cc(Nc2ccccc2C(=O)NC)c(Cl)cn1.CC.CC.CC.CCCC. The van der Waals surface area contributed by atoms with Crippen LogP contribution in [0, 0.1) is 0 Å². The van der Waals surface area contributed by atoms with E-state index >= 15 is 0 Å². The first-order valence-electron chi connectivity index (χ1n) is 12.3. The minimum atomic E-state index is -0.175. The molecule has 0 radical (unpaired) electrons. The van der Waals surface area contributed by atoms with Crippen molar-refractivity contribution in [1.29, 1.82) is 0 Å². The van der Waals surface area contributed by atoms with Crippen molar-refractivity contribution in [2.45, 2.75) is 75.2 Å². The number of rotatable bonds is 7. The molecule has 0 atom stereocenters. The van der Waals surface area contributed by atoms with E-state index in [0.717, 1.165) is 5.70 Å². The number of hydrogen-bond donors (Lipinski definition) is 3. The van der Waals surface area contributed by atoms with Crippen molar-refractivity contribution in [1.82, 2.24) is 10.3 Å². The van der Waals surface area contributed by atoms with Gasteiger partial charge in [-0.3, -0.25) is 4.79 Å². The van der Waals surface area contributed by atoms with Crippen LogP contribution in [0.1, 0.15) is 85.5 Å². The first kappa shape index (κ1) is 35.8. The zero-order valence-corrected chi connectivity index (χ0v) is 23.7. The Hall–Kier alpha value is -2.79. The van der Waals surface area contributed by atoms with Gasteiger partial charge in [-0.05, 0) is 25.1 Å². The molecule has 3 N–H and O–H groups in total. The van der Waals surface area contributed by atoms with Gasteiger partial charge in [0.1, 0.15) is 5.82 Å². The Labute approximate surface area is 214 Å². The molecule has 0 aliphatic carbocycles. The van der Waals surface area contributed by atoms with Crippen molar-refractivity contribution < 1.29 is 4.79 Å². The van der Waals surface area contributed by atoms with E-state index in [1.165, 1.54) is 12.8 Å². The number of amides is 1. The van der Waals surface area contributed by atoms with Crippen molar-refractivity contribution in [3.63, 3.8) is 0 Å². The highest BCUT2D eigenvalue weighted by Crippen LogP contribution is 2.29. The molecule has 5 nitrogen and oxygen atoms in total. The molecule has 0 aliphatic heterocycles. The molecule has 0 bridgehead atoms. The molecule has 2 aromatic rings. The second-order valence-corrected chi connectivity index (χ2v) is 6.42. The zero-order chi connectivity index (χ0) is 26.9. The molecule has 1 amide bonds. The number of nitrogens with one attached hydrogen (secondary N) is 3. The molecular weight excluding hydrogens is 444 g/mol. The third kappa shape index (κ3) is 15.1. The summed E-state index contributed by atoms with van der Waals surface area (Å²) in [7, 11) is 1.59. The number of nitrogens with zero attached hydrogens (tertiary/aromatic N) is 1. The number of unbranched alkanes of at least 4 members (excludes halogenated alkanes) is 1. The average Bonchev–Trinajstić information content (AvgIpc) is 2.89. The van der Waals surface area contributed by atoms with Crippen LogP contribution in [0.25, 0.3) is 0 Å². The Balaban J connectivity index is -0.000000835. The molecule has 34 heavy (non-hydrogen) atoms. The highest BCUT2D eigenvalue weighted by atomic mass is 35.5. The number of halogens is 1. The lowest BCUT2D eigenvalue weighted by atomic mass is 10.1. The van der Waals surface area contributed by atoms with Crippen LogP contribution in [0.4, 0.5) is 17.2 Å². The van der Waals surface area contributed by atoms with Crippen molar-refractivity contribution in [3.8, 4) is 0 Å². The predicted octanol–water partition coefficient (Wildman–Crippen LogP) is 9.22. The fourth-order valence-corrected chi connectivity index (χ4v) is 2.24. The summed E-state index contributed by atoms with van der Waals surface area (Å²) in [5.41, 5.74) is 2.74. The quantitative estimate of drug-likeness (QED) is 0.338. The lowest BCUT2D eigenvalue weighted by molar-refractivity contribution is 0.0964. The summed E-state index contributed by atoms with van der Waals surface area (Å²) in [6.07, 6.45) is 7.72. The summed E-state index contributed by atoms with van der Waals surface area (Å²) in [6.45, 7) is 21.9. The van der Waals surface area contributed by atoms with Gasteiger partial charge in [-0.25, -0.2) is 4.98 Å². The topological polar surface area (TPSA) is 66.0 Å². The minimum Gasteiger partial charge on any atom is -0.355 e. The van der Waals surface area contributed by atoms with E-state index in [0.29, 0.717) is 27.8 Å². The second kappa shape index (κ2) is 24.8.